The van der Waals surface area contributed by atoms with Crippen LogP contribution in [-0.2, 0) is 0 Å². The number of imidazole rings is 1. The molecule has 0 saturated heterocycles. The second-order valence-corrected chi connectivity index (χ2v) is 4.50. The molecule has 3 aromatic rings. The maximum Gasteiger partial charge on any atom is 0.195 e. The van der Waals surface area contributed by atoms with E-state index in [9.17, 15) is 19.0 Å². The van der Waals surface area contributed by atoms with Gasteiger partial charge >= 0.3 is 0 Å². The van der Waals surface area contributed by atoms with Crippen LogP contribution in [0.25, 0.3) is 22.4 Å². The Morgan fingerprint density at radius 3 is 2.60 bits per heavy atom. The lowest BCUT2D eigenvalue weighted by molar-refractivity contribution is 0.377. The zero-order valence-corrected chi connectivity index (χ0v) is 10.4. The zero-order valence-electron chi connectivity index (χ0n) is 10.4. The Morgan fingerprint density at radius 2 is 1.85 bits per heavy atom. The molecule has 102 valence electrons. The largest absolute Gasteiger partial charge is 0.504 e. The van der Waals surface area contributed by atoms with Crippen molar-refractivity contribution in [1.82, 2.24) is 9.97 Å². The van der Waals surface area contributed by atoms with Crippen molar-refractivity contribution in [2.45, 2.75) is 6.92 Å². The minimum atomic E-state index is -0.979. The van der Waals surface area contributed by atoms with Crippen molar-refractivity contribution in [2.24, 2.45) is 0 Å². The Hall–Kier alpha value is -2.63. The number of aromatic amines is 1. The van der Waals surface area contributed by atoms with Gasteiger partial charge < -0.3 is 15.2 Å². The van der Waals surface area contributed by atoms with Crippen molar-refractivity contribution in [1.29, 1.82) is 0 Å². The number of rotatable bonds is 1. The summed E-state index contributed by atoms with van der Waals surface area (Å²) in [5.41, 5.74) is 1.22. The Kier molecular flexibility index (Phi) is 2.60. The number of hydrogen-bond acceptors (Lipinski definition) is 3. The number of aromatic hydroxyl groups is 2. The van der Waals surface area contributed by atoms with Gasteiger partial charge in [0.25, 0.3) is 0 Å². The van der Waals surface area contributed by atoms with Gasteiger partial charge in [0, 0.05) is 6.07 Å². The fraction of sp³-hybridized carbons (Fsp3) is 0.0714. The third-order valence-corrected chi connectivity index (χ3v) is 3.10. The highest BCUT2D eigenvalue weighted by Gasteiger charge is 2.18. The van der Waals surface area contributed by atoms with Crippen LogP contribution < -0.4 is 0 Å². The normalized spacial score (nSPS) is 11.2. The van der Waals surface area contributed by atoms with Crippen LogP contribution in [0.4, 0.5) is 8.78 Å². The number of fused-ring (bicyclic) bond motifs is 1. The van der Waals surface area contributed by atoms with E-state index in [1.165, 1.54) is 31.2 Å². The van der Waals surface area contributed by atoms with Crippen molar-refractivity contribution < 1.29 is 19.0 Å². The molecular formula is C14H10F2N2O2. The summed E-state index contributed by atoms with van der Waals surface area (Å²) in [4.78, 5) is 6.93. The van der Waals surface area contributed by atoms with Gasteiger partial charge in [0.1, 0.15) is 11.6 Å². The molecule has 0 fully saturated rings. The minimum absolute atomic E-state index is 0.00871. The number of nitrogens with one attached hydrogen (secondary N) is 1. The van der Waals surface area contributed by atoms with E-state index in [0.29, 0.717) is 16.6 Å². The highest BCUT2D eigenvalue weighted by molar-refractivity contribution is 5.80. The fourth-order valence-corrected chi connectivity index (χ4v) is 2.05. The summed E-state index contributed by atoms with van der Waals surface area (Å²) in [7, 11) is 0. The summed E-state index contributed by atoms with van der Waals surface area (Å²) >= 11 is 0. The van der Waals surface area contributed by atoms with Gasteiger partial charge in [-0.05, 0) is 30.7 Å². The molecule has 0 aliphatic rings. The molecule has 0 atom stereocenters. The Bertz CT molecular complexity index is 828. The summed E-state index contributed by atoms with van der Waals surface area (Å²) < 4.78 is 27.1. The molecule has 1 aromatic heterocycles. The van der Waals surface area contributed by atoms with Crippen molar-refractivity contribution in [2.75, 3.05) is 0 Å². The van der Waals surface area contributed by atoms with Crippen molar-refractivity contribution in [3.63, 3.8) is 0 Å². The van der Waals surface area contributed by atoms with E-state index in [0.717, 1.165) is 0 Å². The molecule has 1 heterocycles. The van der Waals surface area contributed by atoms with Crippen LogP contribution in [0.3, 0.4) is 0 Å². The molecule has 0 spiro atoms. The number of phenolic OH excluding ortho intramolecular Hbond substituents is 2. The summed E-state index contributed by atoms with van der Waals surface area (Å²) in [5, 5.41) is 19.0. The molecule has 6 heteroatoms. The predicted octanol–water partition coefficient (Wildman–Crippen LogP) is 3.23. The first-order chi connectivity index (χ1) is 9.47. The molecule has 3 N–H and O–H groups in total. The third kappa shape index (κ3) is 1.77. The average Bonchev–Trinajstić information content (AvgIpc) is 2.83. The van der Waals surface area contributed by atoms with E-state index in [1.54, 1.807) is 0 Å². The first-order valence-electron chi connectivity index (χ1n) is 5.84. The van der Waals surface area contributed by atoms with Gasteiger partial charge in [-0.3, -0.25) is 0 Å². The zero-order chi connectivity index (χ0) is 14.4. The van der Waals surface area contributed by atoms with Gasteiger partial charge in [0.15, 0.2) is 17.3 Å². The van der Waals surface area contributed by atoms with Crippen LogP contribution in [0.2, 0.25) is 0 Å². The second-order valence-electron chi connectivity index (χ2n) is 4.50. The minimum Gasteiger partial charge on any atom is -0.504 e. The van der Waals surface area contributed by atoms with Crippen molar-refractivity contribution >= 4 is 11.0 Å². The van der Waals surface area contributed by atoms with E-state index < -0.39 is 23.1 Å². The molecule has 0 amide bonds. The predicted molar refractivity (Wildman–Crippen MR) is 69.5 cm³/mol. The highest BCUT2D eigenvalue weighted by atomic mass is 19.1. The fourth-order valence-electron chi connectivity index (χ4n) is 2.05. The standard InChI is InChI=1S/C14H10F2N2O2/c1-6-4-8(11(16)13(20)12(6)19)14-17-9-3-2-7(15)5-10(9)18-14/h2-5,19-20H,1H3,(H,17,18). The van der Waals surface area contributed by atoms with Gasteiger partial charge in [0.2, 0.25) is 0 Å². The molecule has 0 saturated carbocycles. The number of aromatic nitrogens is 2. The average molecular weight is 276 g/mol. The molecule has 0 bridgehead atoms. The van der Waals surface area contributed by atoms with Crippen LogP contribution in [0.5, 0.6) is 11.5 Å². The van der Waals surface area contributed by atoms with Crippen LogP contribution >= 0.6 is 0 Å². The molecule has 0 aliphatic carbocycles. The molecule has 20 heavy (non-hydrogen) atoms. The number of hydrogen-bond donors (Lipinski definition) is 3. The number of nitrogens with zero attached hydrogens (tertiary/aromatic N) is 1. The molecule has 0 radical (unpaired) electrons. The highest BCUT2D eigenvalue weighted by Crippen LogP contribution is 2.37. The smallest absolute Gasteiger partial charge is 0.195 e. The molecule has 4 nitrogen and oxygen atoms in total. The van der Waals surface area contributed by atoms with Gasteiger partial charge in [0.05, 0.1) is 16.6 Å². The van der Waals surface area contributed by atoms with Gasteiger partial charge in [-0.25, -0.2) is 13.8 Å². The van der Waals surface area contributed by atoms with Crippen molar-refractivity contribution in [3.05, 3.63) is 41.5 Å². The SMILES string of the molecule is Cc1cc(-c2nc3cc(F)ccc3[nH]2)c(F)c(O)c1O. The van der Waals surface area contributed by atoms with E-state index in [2.05, 4.69) is 9.97 Å². The number of aryl methyl sites for hydroxylation is 1. The van der Waals surface area contributed by atoms with E-state index in [1.807, 2.05) is 0 Å². The van der Waals surface area contributed by atoms with E-state index in [4.69, 9.17) is 0 Å². The maximum absolute atomic E-state index is 14.0. The van der Waals surface area contributed by atoms with Crippen LogP contribution in [0.15, 0.2) is 24.3 Å². The van der Waals surface area contributed by atoms with Crippen molar-refractivity contribution in [3.8, 4) is 22.9 Å². The lowest BCUT2D eigenvalue weighted by atomic mass is 10.1. The summed E-state index contributed by atoms with van der Waals surface area (Å²) in [6, 6.07) is 5.34. The molecule has 3 rings (SSSR count). The van der Waals surface area contributed by atoms with Gasteiger partial charge in [-0.1, -0.05) is 0 Å². The lowest BCUT2D eigenvalue weighted by Crippen LogP contribution is -1.90. The van der Waals surface area contributed by atoms with Crippen LogP contribution in [0, 0.1) is 18.6 Å². The Balaban J connectivity index is 2.25. The van der Waals surface area contributed by atoms with Gasteiger partial charge in [-0.15, -0.1) is 0 Å². The van der Waals surface area contributed by atoms with Crippen LogP contribution in [0.1, 0.15) is 5.56 Å². The monoisotopic (exact) mass is 276 g/mol. The number of H-pyrrole nitrogens is 1. The molecule has 0 unspecified atom stereocenters. The molecule has 0 aliphatic heterocycles. The summed E-state index contributed by atoms with van der Waals surface area (Å²) in [6.07, 6.45) is 0. The van der Waals surface area contributed by atoms with E-state index in [-0.39, 0.29) is 11.4 Å². The quantitative estimate of drug-likeness (QED) is 0.598. The Labute approximate surface area is 112 Å². The van der Waals surface area contributed by atoms with E-state index >= 15 is 0 Å². The topological polar surface area (TPSA) is 69.1 Å². The van der Waals surface area contributed by atoms with Crippen LogP contribution in [-0.4, -0.2) is 20.2 Å². The lowest BCUT2D eigenvalue weighted by Gasteiger charge is -2.06. The Morgan fingerprint density at radius 1 is 1.10 bits per heavy atom. The first kappa shape index (κ1) is 12.4. The summed E-state index contributed by atoms with van der Waals surface area (Å²) in [5.74, 6) is -2.60. The number of phenols is 2. The molecule has 2 aromatic carbocycles. The van der Waals surface area contributed by atoms with Gasteiger partial charge in [-0.2, -0.15) is 0 Å². The third-order valence-electron chi connectivity index (χ3n) is 3.10. The summed E-state index contributed by atoms with van der Waals surface area (Å²) in [6.45, 7) is 1.53. The molecular weight excluding hydrogens is 266 g/mol. The number of halogens is 2. The first-order valence-corrected chi connectivity index (χ1v) is 5.84. The maximum atomic E-state index is 14.0. The number of benzene rings is 2. The second kappa shape index (κ2) is 4.19.